The number of nitrogens with one attached hydrogen (secondary N) is 1. The summed E-state index contributed by atoms with van der Waals surface area (Å²) in [7, 11) is 3.42. The van der Waals surface area contributed by atoms with Gasteiger partial charge in [-0.3, -0.25) is 9.59 Å². The zero-order chi connectivity index (χ0) is 17.3. The van der Waals surface area contributed by atoms with Crippen molar-refractivity contribution in [1.29, 1.82) is 0 Å². The lowest BCUT2D eigenvalue weighted by atomic mass is 10.00. The number of rotatable bonds is 3. The van der Waals surface area contributed by atoms with Crippen molar-refractivity contribution in [1.82, 2.24) is 4.90 Å². The lowest BCUT2D eigenvalue weighted by Gasteiger charge is -2.17. The maximum Gasteiger partial charge on any atom is 0.255 e. The fourth-order valence-corrected chi connectivity index (χ4v) is 4.01. The Labute approximate surface area is 146 Å². The quantitative estimate of drug-likeness (QED) is 0.930. The van der Waals surface area contributed by atoms with Gasteiger partial charge in [0.05, 0.1) is 17.2 Å². The summed E-state index contributed by atoms with van der Waals surface area (Å²) in [6.07, 6.45) is 0. The summed E-state index contributed by atoms with van der Waals surface area (Å²) < 4.78 is 0. The van der Waals surface area contributed by atoms with Gasteiger partial charge in [-0.1, -0.05) is 29.8 Å². The second-order valence-electron chi connectivity index (χ2n) is 6.14. The molecule has 2 aromatic rings. The number of aryl methyl sites for hydroxylation is 1. The van der Waals surface area contributed by atoms with E-state index in [0.717, 1.165) is 21.8 Å². The molecule has 124 valence electrons. The summed E-state index contributed by atoms with van der Waals surface area (Å²) in [6.45, 7) is 1.93. The first-order valence-electron chi connectivity index (χ1n) is 7.82. The smallest absolute Gasteiger partial charge is 0.255 e. The minimum Gasteiger partial charge on any atom is -0.345 e. The molecule has 0 saturated carbocycles. The number of fused-ring (bicyclic) bond motifs is 1. The van der Waals surface area contributed by atoms with Crippen molar-refractivity contribution in [3.8, 4) is 0 Å². The van der Waals surface area contributed by atoms with Crippen LogP contribution in [0.3, 0.4) is 0 Å². The monoisotopic (exact) mass is 340 g/mol. The van der Waals surface area contributed by atoms with Crippen molar-refractivity contribution in [2.24, 2.45) is 0 Å². The molecule has 24 heavy (non-hydrogen) atoms. The predicted molar refractivity (Wildman–Crippen MR) is 97.7 cm³/mol. The Bertz CT molecular complexity index is 802. The van der Waals surface area contributed by atoms with Crippen LogP contribution in [0.5, 0.6) is 0 Å². The molecule has 0 bridgehead atoms. The van der Waals surface area contributed by atoms with Crippen LogP contribution in [-0.4, -0.2) is 36.6 Å². The van der Waals surface area contributed by atoms with Gasteiger partial charge in [0, 0.05) is 24.7 Å². The Morgan fingerprint density at radius 1 is 1.17 bits per heavy atom. The minimum absolute atomic E-state index is 0.0656. The van der Waals surface area contributed by atoms with E-state index in [9.17, 15) is 9.59 Å². The second-order valence-corrected chi connectivity index (χ2v) is 7.20. The van der Waals surface area contributed by atoms with Crippen LogP contribution in [0.25, 0.3) is 0 Å². The van der Waals surface area contributed by atoms with Crippen molar-refractivity contribution in [3.05, 3.63) is 59.2 Å². The molecule has 1 heterocycles. The zero-order valence-corrected chi connectivity index (χ0v) is 14.8. The van der Waals surface area contributed by atoms with E-state index in [1.807, 2.05) is 43.3 Å². The number of carbonyl (C=O) groups excluding carboxylic acids is 2. The number of benzene rings is 2. The normalized spacial score (nSPS) is 15.7. The van der Waals surface area contributed by atoms with Crippen LogP contribution in [0, 0.1) is 6.92 Å². The molecular weight excluding hydrogens is 320 g/mol. The van der Waals surface area contributed by atoms with E-state index in [1.165, 1.54) is 4.90 Å². The van der Waals surface area contributed by atoms with Crippen molar-refractivity contribution >= 4 is 29.3 Å². The third kappa shape index (κ3) is 3.17. The van der Waals surface area contributed by atoms with E-state index in [-0.39, 0.29) is 17.7 Å². The number of nitrogens with zero attached hydrogens (tertiary/aromatic N) is 1. The summed E-state index contributed by atoms with van der Waals surface area (Å²) in [5.41, 5.74) is 3.14. The van der Waals surface area contributed by atoms with Crippen LogP contribution in [0.4, 0.5) is 5.69 Å². The van der Waals surface area contributed by atoms with E-state index in [1.54, 1.807) is 31.9 Å². The number of amides is 2. The molecule has 0 aliphatic carbocycles. The molecule has 0 saturated heterocycles. The number of hydrogen-bond acceptors (Lipinski definition) is 3. The SMILES string of the molecule is Cc1ccc(NC(=O)C2CSc3ccccc32)c(C(=O)N(C)C)c1. The highest BCUT2D eigenvalue weighted by molar-refractivity contribution is 7.99. The Morgan fingerprint density at radius 3 is 2.67 bits per heavy atom. The number of carbonyl (C=O) groups is 2. The predicted octanol–water partition coefficient (Wildman–Crippen LogP) is 3.52. The molecule has 0 spiro atoms. The minimum atomic E-state index is -0.185. The highest BCUT2D eigenvalue weighted by atomic mass is 32.2. The summed E-state index contributed by atoms with van der Waals surface area (Å²) in [6, 6.07) is 13.5. The van der Waals surface area contributed by atoms with Gasteiger partial charge in [-0.2, -0.15) is 0 Å². The Balaban J connectivity index is 1.87. The molecule has 1 aliphatic heterocycles. The molecular formula is C19H20N2O2S. The van der Waals surface area contributed by atoms with Gasteiger partial charge in [0.15, 0.2) is 0 Å². The van der Waals surface area contributed by atoms with E-state index in [2.05, 4.69) is 5.32 Å². The van der Waals surface area contributed by atoms with Crippen LogP contribution in [0.15, 0.2) is 47.4 Å². The second kappa shape index (κ2) is 6.69. The van der Waals surface area contributed by atoms with E-state index >= 15 is 0 Å². The maximum absolute atomic E-state index is 12.8. The molecule has 1 atom stereocenters. The first-order chi connectivity index (χ1) is 11.5. The largest absolute Gasteiger partial charge is 0.345 e. The molecule has 3 rings (SSSR count). The van der Waals surface area contributed by atoms with Crippen molar-refractivity contribution in [2.75, 3.05) is 25.2 Å². The third-order valence-corrected chi connectivity index (χ3v) is 5.27. The molecule has 0 fully saturated rings. The van der Waals surface area contributed by atoms with Gasteiger partial charge in [0.2, 0.25) is 5.91 Å². The van der Waals surface area contributed by atoms with Crippen LogP contribution >= 0.6 is 11.8 Å². The fourth-order valence-electron chi connectivity index (χ4n) is 2.78. The first-order valence-corrected chi connectivity index (χ1v) is 8.81. The Kier molecular flexibility index (Phi) is 4.62. The number of thioether (sulfide) groups is 1. The van der Waals surface area contributed by atoms with Crippen LogP contribution in [0.2, 0.25) is 0 Å². The standard InChI is InChI=1S/C19H20N2O2S/c1-12-8-9-16(14(10-12)19(23)21(2)3)20-18(22)15-11-24-17-7-5-4-6-13(15)17/h4-10,15H,11H2,1-3H3,(H,20,22). The molecule has 4 nitrogen and oxygen atoms in total. The molecule has 0 aromatic heterocycles. The highest BCUT2D eigenvalue weighted by Crippen LogP contribution is 2.39. The molecule has 1 aliphatic rings. The third-order valence-electron chi connectivity index (χ3n) is 4.09. The molecule has 2 aromatic carbocycles. The van der Waals surface area contributed by atoms with Crippen molar-refractivity contribution in [2.45, 2.75) is 17.7 Å². The fraction of sp³-hybridized carbons (Fsp3) is 0.263. The highest BCUT2D eigenvalue weighted by Gasteiger charge is 2.29. The van der Waals surface area contributed by atoms with Crippen molar-refractivity contribution in [3.63, 3.8) is 0 Å². The lowest BCUT2D eigenvalue weighted by molar-refractivity contribution is -0.117. The molecule has 0 radical (unpaired) electrons. The van der Waals surface area contributed by atoms with Gasteiger partial charge in [0.1, 0.15) is 0 Å². The molecule has 1 N–H and O–H groups in total. The average Bonchev–Trinajstić information content (AvgIpc) is 2.99. The number of anilines is 1. The van der Waals surface area contributed by atoms with Gasteiger partial charge in [-0.05, 0) is 30.7 Å². The van der Waals surface area contributed by atoms with Gasteiger partial charge >= 0.3 is 0 Å². The molecule has 2 amide bonds. The summed E-state index contributed by atoms with van der Waals surface area (Å²) in [5, 5.41) is 2.96. The van der Waals surface area contributed by atoms with Gasteiger partial charge < -0.3 is 10.2 Å². The van der Waals surface area contributed by atoms with Gasteiger partial charge in [-0.25, -0.2) is 0 Å². The van der Waals surface area contributed by atoms with Crippen LogP contribution in [-0.2, 0) is 4.79 Å². The van der Waals surface area contributed by atoms with Crippen LogP contribution < -0.4 is 5.32 Å². The topological polar surface area (TPSA) is 49.4 Å². The van der Waals surface area contributed by atoms with Gasteiger partial charge in [-0.15, -0.1) is 11.8 Å². The average molecular weight is 340 g/mol. The van der Waals surface area contributed by atoms with Crippen LogP contribution in [0.1, 0.15) is 27.4 Å². The Morgan fingerprint density at radius 2 is 1.92 bits per heavy atom. The van der Waals surface area contributed by atoms with E-state index in [4.69, 9.17) is 0 Å². The molecule has 5 heteroatoms. The number of hydrogen-bond donors (Lipinski definition) is 1. The van der Waals surface area contributed by atoms with E-state index in [0.29, 0.717) is 11.3 Å². The Hall–Kier alpha value is -2.27. The molecule has 1 unspecified atom stereocenters. The first kappa shape index (κ1) is 16.6. The summed E-state index contributed by atoms with van der Waals surface area (Å²) in [4.78, 5) is 27.8. The zero-order valence-electron chi connectivity index (χ0n) is 14.0. The lowest BCUT2D eigenvalue weighted by Crippen LogP contribution is -2.26. The van der Waals surface area contributed by atoms with Gasteiger partial charge in [0.25, 0.3) is 5.91 Å². The summed E-state index contributed by atoms with van der Waals surface area (Å²) >= 11 is 1.70. The summed E-state index contributed by atoms with van der Waals surface area (Å²) in [5.74, 6) is 0.364. The van der Waals surface area contributed by atoms with E-state index < -0.39 is 0 Å². The van der Waals surface area contributed by atoms with Crippen molar-refractivity contribution < 1.29 is 9.59 Å². The maximum atomic E-state index is 12.8.